The van der Waals surface area contributed by atoms with Crippen LogP contribution in [0, 0.1) is 20.8 Å². The lowest BCUT2D eigenvalue weighted by atomic mass is 10.1. The van der Waals surface area contributed by atoms with E-state index in [0.717, 1.165) is 16.7 Å². The van der Waals surface area contributed by atoms with Crippen LogP contribution in [0.3, 0.4) is 0 Å². The molecule has 0 aliphatic rings. The minimum Gasteiger partial charge on any atom is -0.462 e. The van der Waals surface area contributed by atoms with Gasteiger partial charge in [-0.3, -0.25) is 9.52 Å². The molecule has 0 aliphatic heterocycles. The highest BCUT2D eigenvalue weighted by atomic mass is 35.5. The first-order valence-corrected chi connectivity index (χ1v) is 12.4. The molecule has 178 valence electrons. The van der Waals surface area contributed by atoms with Crippen LogP contribution >= 0.6 is 11.6 Å². The molecule has 1 amide bonds. The molecular weight excluding hydrogens is 476 g/mol. The molecule has 0 radical (unpaired) electrons. The summed E-state index contributed by atoms with van der Waals surface area (Å²) in [6.45, 7) is 7.35. The van der Waals surface area contributed by atoms with Gasteiger partial charge in [-0.15, -0.1) is 0 Å². The van der Waals surface area contributed by atoms with Crippen LogP contribution in [0.15, 0.2) is 59.5 Å². The molecule has 3 rings (SSSR count). The second kappa shape index (κ2) is 10.3. The Balaban J connectivity index is 1.90. The summed E-state index contributed by atoms with van der Waals surface area (Å²) in [4.78, 5) is 24.7. The van der Waals surface area contributed by atoms with E-state index in [1.807, 2.05) is 19.1 Å². The number of carbonyl (C=O) groups is 2. The summed E-state index contributed by atoms with van der Waals surface area (Å²) in [6.07, 6.45) is 0. The van der Waals surface area contributed by atoms with Gasteiger partial charge in [0.25, 0.3) is 15.9 Å². The van der Waals surface area contributed by atoms with E-state index in [0.29, 0.717) is 16.9 Å². The first kappa shape index (κ1) is 25.3. The van der Waals surface area contributed by atoms with Crippen LogP contribution in [0.1, 0.15) is 44.3 Å². The first-order chi connectivity index (χ1) is 16.0. The molecule has 7 nitrogen and oxygen atoms in total. The summed E-state index contributed by atoms with van der Waals surface area (Å²) < 4.78 is 33.7. The van der Waals surface area contributed by atoms with Gasteiger partial charge in [0.1, 0.15) is 4.90 Å². The number of rotatable bonds is 7. The van der Waals surface area contributed by atoms with Crippen molar-refractivity contribution in [2.75, 3.05) is 16.6 Å². The van der Waals surface area contributed by atoms with Crippen LogP contribution in [0.4, 0.5) is 11.4 Å². The van der Waals surface area contributed by atoms with Crippen molar-refractivity contribution in [1.82, 2.24) is 0 Å². The van der Waals surface area contributed by atoms with Gasteiger partial charge >= 0.3 is 5.97 Å². The number of hydrogen-bond donors (Lipinski definition) is 2. The Morgan fingerprint density at radius 3 is 2.24 bits per heavy atom. The fourth-order valence-electron chi connectivity index (χ4n) is 3.19. The molecule has 0 fully saturated rings. The molecular formula is C25H25ClN2O5S. The quantitative estimate of drug-likeness (QED) is 0.417. The molecule has 0 spiro atoms. The van der Waals surface area contributed by atoms with Crippen molar-refractivity contribution in [3.05, 3.63) is 87.4 Å². The van der Waals surface area contributed by atoms with Crippen molar-refractivity contribution in [3.8, 4) is 0 Å². The SMILES string of the molecule is CCOC(=O)c1ccc(C)c(NC(=O)c2ccc(Cl)c(S(=O)(=O)Nc3cc(C)ccc3C)c2)c1. The Hall–Kier alpha value is -3.36. The number of ether oxygens (including phenoxy) is 1. The maximum Gasteiger partial charge on any atom is 0.338 e. The Kier molecular flexibility index (Phi) is 7.64. The predicted molar refractivity (Wildman–Crippen MR) is 133 cm³/mol. The summed E-state index contributed by atoms with van der Waals surface area (Å²) in [5.74, 6) is -1.06. The number of carbonyl (C=O) groups excluding carboxylic acids is 2. The van der Waals surface area contributed by atoms with Gasteiger partial charge in [0.2, 0.25) is 0 Å². The van der Waals surface area contributed by atoms with Gasteiger partial charge in [-0.1, -0.05) is 29.8 Å². The number of halogens is 1. The third-order valence-corrected chi connectivity index (χ3v) is 6.96. The van der Waals surface area contributed by atoms with Gasteiger partial charge in [-0.05, 0) is 80.8 Å². The smallest absolute Gasteiger partial charge is 0.338 e. The normalized spacial score (nSPS) is 11.1. The molecule has 0 aromatic heterocycles. The summed E-state index contributed by atoms with van der Waals surface area (Å²) in [5.41, 5.74) is 3.58. The molecule has 9 heteroatoms. The fourth-order valence-corrected chi connectivity index (χ4v) is 4.84. The maximum atomic E-state index is 13.1. The van der Waals surface area contributed by atoms with E-state index < -0.39 is 21.9 Å². The lowest BCUT2D eigenvalue weighted by Crippen LogP contribution is -2.17. The number of hydrogen-bond acceptors (Lipinski definition) is 5. The van der Waals surface area contributed by atoms with Crippen molar-refractivity contribution in [2.24, 2.45) is 0 Å². The predicted octanol–water partition coefficient (Wildman–Crippen LogP) is 5.50. The zero-order valence-electron chi connectivity index (χ0n) is 19.2. The number of sulfonamides is 1. The number of nitrogens with one attached hydrogen (secondary N) is 2. The van der Waals surface area contributed by atoms with Crippen LogP contribution < -0.4 is 10.0 Å². The van der Waals surface area contributed by atoms with Crippen LogP contribution in [-0.2, 0) is 14.8 Å². The lowest BCUT2D eigenvalue weighted by molar-refractivity contribution is 0.0526. The van der Waals surface area contributed by atoms with Gasteiger partial charge in [0, 0.05) is 11.3 Å². The summed E-state index contributed by atoms with van der Waals surface area (Å²) in [6, 6.07) is 14.2. The van der Waals surface area contributed by atoms with E-state index in [-0.39, 0.29) is 22.1 Å². The maximum absolute atomic E-state index is 13.1. The number of anilines is 2. The lowest BCUT2D eigenvalue weighted by Gasteiger charge is -2.14. The largest absolute Gasteiger partial charge is 0.462 e. The Bertz CT molecular complexity index is 1370. The monoisotopic (exact) mass is 500 g/mol. The summed E-state index contributed by atoms with van der Waals surface area (Å²) in [7, 11) is -4.07. The molecule has 3 aromatic rings. The van der Waals surface area contributed by atoms with Gasteiger partial charge < -0.3 is 10.1 Å². The van der Waals surface area contributed by atoms with Crippen LogP contribution in [0.25, 0.3) is 0 Å². The highest BCUT2D eigenvalue weighted by Gasteiger charge is 2.22. The van der Waals surface area contributed by atoms with Crippen molar-refractivity contribution in [3.63, 3.8) is 0 Å². The number of esters is 1. The van der Waals surface area contributed by atoms with Crippen molar-refractivity contribution < 1.29 is 22.7 Å². The molecule has 3 aromatic carbocycles. The average molecular weight is 501 g/mol. The zero-order valence-corrected chi connectivity index (χ0v) is 20.8. The Morgan fingerprint density at radius 2 is 1.53 bits per heavy atom. The molecule has 0 bridgehead atoms. The molecule has 0 heterocycles. The van der Waals surface area contributed by atoms with Crippen molar-refractivity contribution in [2.45, 2.75) is 32.6 Å². The van der Waals surface area contributed by atoms with E-state index in [9.17, 15) is 18.0 Å². The minimum absolute atomic E-state index is 0.0187. The number of aryl methyl sites for hydroxylation is 3. The molecule has 0 aliphatic carbocycles. The second-order valence-corrected chi connectivity index (χ2v) is 9.83. The Morgan fingerprint density at radius 1 is 0.882 bits per heavy atom. The van der Waals surface area contributed by atoms with Gasteiger partial charge in [0.05, 0.1) is 22.9 Å². The third-order valence-electron chi connectivity index (χ3n) is 5.12. The van der Waals surface area contributed by atoms with Crippen LogP contribution in [-0.4, -0.2) is 26.9 Å². The van der Waals surface area contributed by atoms with E-state index >= 15 is 0 Å². The van der Waals surface area contributed by atoms with Gasteiger partial charge in [-0.2, -0.15) is 0 Å². The van der Waals surface area contributed by atoms with Crippen LogP contribution in [0.2, 0.25) is 5.02 Å². The van der Waals surface area contributed by atoms with E-state index in [4.69, 9.17) is 16.3 Å². The topological polar surface area (TPSA) is 102 Å². The van der Waals surface area contributed by atoms with E-state index in [2.05, 4.69) is 10.0 Å². The van der Waals surface area contributed by atoms with Crippen LogP contribution in [0.5, 0.6) is 0 Å². The van der Waals surface area contributed by atoms with Gasteiger partial charge in [0.15, 0.2) is 0 Å². The highest BCUT2D eigenvalue weighted by molar-refractivity contribution is 7.92. The molecule has 2 N–H and O–H groups in total. The van der Waals surface area contributed by atoms with Gasteiger partial charge in [-0.25, -0.2) is 13.2 Å². The number of benzene rings is 3. The highest BCUT2D eigenvalue weighted by Crippen LogP contribution is 2.27. The van der Waals surface area contributed by atoms with Crippen molar-refractivity contribution >= 4 is 44.9 Å². The molecule has 0 saturated carbocycles. The zero-order chi connectivity index (χ0) is 25.0. The first-order valence-electron chi connectivity index (χ1n) is 10.5. The number of amides is 1. The second-order valence-electron chi connectivity index (χ2n) is 7.77. The molecule has 0 atom stereocenters. The molecule has 34 heavy (non-hydrogen) atoms. The molecule has 0 unspecified atom stereocenters. The Labute approximate surface area is 204 Å². The fraction of sp³-hybridized carbons (Fsp3) is 0.200. The average Bonchev–Trinajstić information content (AvgIpc) is 2.77. The third kappa shape index (κ3) is 5.76. The summed E-state index contributed by atoms with van der Waals surface area (Å²) >= 11 is 6.19. The summed E-state index contributed by atoms with van der Waals surface area (Å²) in [5, 5.41) is 2.70. The standard InChI is InChI=1S/C25H25ClN2O5S/c1-5-33-25(30)19-9-8-16(3)21(13-19)27-24(29)18-10-11-20(26)23(14-18)34(31,32)28-22-12-15(2)6-7-17(22)4/h6-14,28H,5H2,1-4H3,(H,27,29). The minimum atomic E-state index is -4.07. The van der Waals surface area contributed by atoms with E-state index in [1.165, 1.54) is 24.3 Å². The van der Waals surface area contributed by atoms with E-state index in [1.54, 1.807) is 39.0 Å². The van der Waals surface area contributed by atoms with Crippen molar-refractivity contribution in [1.29, 1.82) is 0 Å². The molecule has 0 saturated heterocycles.